The number of benzene rings is 2. The maximum absolute atomic E-state index is 11.2. The monoisotopic (exact) mass is 281 g/mol. The molecule has 0 aromatic heterocycles. The number of hydrogen-bond acceptors (Lipinski definition) is 4. The minimum absolute atomic E-state index is 0.0820. The first-order valence-electron chi connectivity index (χ1n) is 6.37. The van der Waals surface area contributed by atoms with E-state index in [1.807, 2.05) is 24.3 Å². The number of carbonyl (C=O) groups is 1. The number of nitrogen functional groups attached to an aromatic ring is 1. The number of hydrogen-bond donors (Lipinski definition) is 3. The lowest BCUT2D eigenvalue weighted by Gasteiger charge is -2.11. The first-order valence-corrected chi connectivity index (χ1v) is 6.37. The maximum atomic E-state index is 11.2. The van der Waals surface area contributed by atoms with Crippen LogP contribution in [0.1, 0.15) is 21.5 Å². The van der Waals surface area contributed by atoms with Crippen LogP contribution in [0, 0.1) is 18.3 Å². The highest BCUT2D eigenvalue weighted by Crippen LogP contribution is 2.25. The van der Waals surface area contributed by atoms with Gasteiger partial charge in [-0.1, -0.05) is 12.1 Å². The second-order valence-corrected chi connectivity index (χ2v) is 4.72. The maximum Gasteiger partial charge on any atom is 0.337 e. The number of nitriles is 1. The number of nitrogens with zero attached hydrogens (tertiary/aromatic N) is 1. The Balaban J connectivity index is 2.27. The molecule has 5 nitrogen and oxygen atoms in total. The van der Waals surface area contributed by atoms with Crippen molar-refractivity contribution >= 4 is 23.0 Å². The number of anilines is 3. The van der Waals surface area contributed by atoms with E-state index in [4.69, 9.17) is 16.1 Å². The summed E-state index contributed by atoms with van der Waals surface area (Å²) in [6.45, 7) is 1.77. The van der Waals surface area contributed by atoms with Gasteiger partial charge in [-0.15, -0.1) is 0 Å². The number of aromatic carboxylic acids is 1. The van der Waals surface area contributed by atoms with E-state index in [1.54, 1.807) is 13.0 Å². The third-order valence-electron chi connectivity index (χ3n) is 3.14. The molecule has 0 atom stereocenters. The van der Waals surface area contributed by atoms with Crippen LogP contribution in [-0.4, -0.2) is 11.1 Å². The van der Waals surface area contributed by atoms with Crippen molar-refractivity contribution in [1.82, 2.24) is 0 Å². The Labute approximate surface area is 122 Å². The van der Waals surface area contributed by atoms with Crippen LogP contribution in [0.15, 0.2) is 36.4 Å². The Morgan fingerprint density at radius 3 is 2.52 bits per heavy atom. The van der Waals surface area contributed by atoms with Crippen LogP contribution in [0.25, 0.3) is 0 Å². The van der Waals surface area contributed by atoms with Crippen LogP contribution in [0.3, 0.4) is 0 Å². The molecule has 0 amide bonds. The average molecular weight is 281 g/mol. The zero-order valence-corrected chi connectivity index (χ0v) is 11.6. The molecule has 0 aliphatic rings. The molecule has 0 unspecified atom stereocenters. The van der Waals surface area contributed by atoms with Crippen molar-refractivity contribution in [2.45, 2.75) is 13.3 Å². The van der Waals surface area contributed by atoms with Gasteiger partial charge in [0.15, 0.2) is 0 Å². The molecule has 2 aromatic rings. The van der Waals surface area contributed by atoms with Crippen molar-refractivity contribution in [2.75, 3.05) is 11.1 Å². The standard InChI is InChI=1S/C16H15N3O2/c1-10-8-13(9-14(15(10)18)16(20)21)19-12-4-2-11(3-5-12)6-7-17/h2-5,8-9,19H,6,18H2,1H3,(H,20,21). The van der Waals surface area contributed by atoms with Gasteiger partial charge in [-0.3, -0.25) is 0 Å². The number of nitrogens with one attached hydrogen (secondary N) is 1. The smallest absolute Gasteiger partial charge is 0.337 e. The number of carboxylic acids is 1. The van der Waals surface area contributed by atoms with Crippen molar-refractivity contribution in [3.8, 4) is 6.07 Å². The summed E-state index contributed by atoms with van der Waals surface area (Å²) in [5, 5.41) is 20.9. The Morgan fingerprint density at radius 1 is 1.29 bits per heavy atom. The van der Waals surface area contributed by atoms with Crippen LogP contribution in [0.5, 0.6) is 0 Å². The third-order valence-corrected chi connectivity index (χ3v) is 3.14. The van der Waals surface area contributed by atoms with E-state index in [-0.39, 0.29) is 11.3 Å². The van der Waals surface area contributed by atoms with E-state index in [9.17, 15) is 4.79 Å². The predicted molar refractivity (Wildman–Crippen MR) is 81.6 cm³/mol. The molecule has 0 saturated heterocycles. The summed E-state index contributed by atoms with van der Waals surface area (Å²) in [6.07, 6.45) is 0.365. The highest BCUT2D eigenvalue weighted by Gasteiger charge is 2.11. The lowest BCUT2D eigenvalue weighted by molar-refractivity contribution is 0.0698. The Bertz CT molecular complexity index is 716. The van der Waals surface area contributed by atoms with E-state index in [1.165, 1.54) is 6.07 Å². The van der Waals surface area contributed by atoms with Gasteiger partial charge < -0.3 is 16.2 Å². The van der Waals surface area contributed by atoms with Gasteiger partial charge in [-0.2, -0.15) is 5.26 Å². The van der Waals surface area contributed by atoms with Crippen molar-refractivity contribution in [1.29, 1.82) is 5.26 Å². The zero-order chi connectivity index (χ0) is 15.4. The summed E-state index contributed by atoms with van der Waals surface area (Å²) in [5.41, 5.74) is 9.23. The van der Waals surface area contributed by atoms with E-state index in [2.05, 4.69) is 11.4 Å². The molecule has 0 aliphatic heterocycles. The van der Waals surface area contributed by atoms with Crippen molar-refractivity contribution in [3.63, 3.8) is 0 Å². The molecule has 2 aromatic carbocycles. The molecule has 0 radical (unpaired) electrons. The fourth-order valence-electron chi connectivity index (χ4n) is 2.01. The van der Waals surface area contributed by atoms with Gasteiger partial charge in [-0.05, 0) is 42.3 Å². The lowest BCUT2D eigenvalue weighted by atomic mass is 10.1. The molecular weight excluding hydrogens is 266 g/mol. The lowest BCUT2D eigenvalue weighted by Crippen LogP contribution is -2.05. The summed E-state index contributed by atoms with van der Waals surface area (Å²) >= 11 is 0. The van der Waals surface area contributed by atoms with Gasteiger partial charge in [0.25, 0.3) is 0 Å². The van der Waals surface area contributed by atoms with E-state index >= 15 is 0 Å². The number of nitrogens with two attached hydrogens (primary N) is 1. The Kier molecular flexibility index (Phi) is 4.10. The quantitative estimate of drug-likeness (QED) is 0.748. The van der Waals surface area contributed by atoms with Gasteiger partial charge in [0, 0.05) is 17.1 Å². The number of aryl methyl sites for hydroxylation is 1. The van der Waals surface area contributed by atoms with Crippen molar-refractivity contribution < 1.29 is 9.90 Å². The fraction of sp³-hybridized carbons (Fsp3) is 0.125. The summed E-state index contributed by atoms with van der Waals surface area (Å²) in [7, 11) is 0. The van der Waals surface area contributed by atoms with E-state index < -0.39 is 5.97 Å². The largest absolute Gasteiger partial charge is 0.478 e. The minimum Gasteiger partial charge on any atom is -0.478 e. The van der Waals surface area contributed by atoms with Gasteiger partial charge in [0.1, 0.15) is 0 Å². The minimum atomic E-state index is -1.05. The predicted octanol–water partition coefficient (Wildman–Crippen LogP) is 3.09. The van der Waals surface area contributed by atoms with Crippen molar-refractivity contribution in [2.24, 2.45) is 0 Å². The molecule has 21 heavy (non-hydrogen) atoms. The molecule has 0 saturated carbocycles. The molecule has 0 fully saturated rings. The molecule has 4 N–H and O–H groups in total. The highest BCUT2D eigenvalue weighted by molar-refractivity contribution is 5.96. The van der Waals surface area contributed by atoms with Gasteiger partial charge in [0.05, 0.1) is 18.1 Å². The van der Waals surface area contributed by atoms with Crippen LogP contribution < -0.4 is 11.1 Å². The molecule has 0 spiro atoms. The average Bonchev–Trinajstić information content (AvgIpc) is 2.45. The van der Waals surface area contributed by atoms with Crippen LogP contribution in [0.2, 0.25) is 0 Å². The molecule has 0 aliphatic carbocycles. The number of carboxylic acid groups (broad SMARTS) is 1. The summed E-state index contributed by atoms with van der Waals surface area (Å²) in [5.74, 6) is -1.05. The first kappa shape index (κ1) is 14.4. The van der Waals surface area contributed by atoms with Gasteiger partial charge in [-0.25, -0.2) is 4.79 Å². The van der Waals surface area contributed by atoms with Crippen LogP contribution >= 0.6 is 0 Å². The molecule has 106 valence electrons. The molecule has 0 heterocycles. The second-order valence-electron chi connectivity index (χ2n) is 4.72. The molecule has 2 rings (SSSR count). The second kappa shape index (κ2) is 5.97. The summed E-state index contributed by atoms with van der Waals surface area (Å²) in [4.78, 5) is 11.2. The van der Waals surface area contributed by atoms with Crippen LogP contribution in [0.4, 0.5) is 17.1 Å². The molecular formula is C16H15N3O2. The SMILES string of the molecule is Cc1cc(Nc2ccc(CC#N)cc2)cc(C(=O)O)c1N. The third kappa shape index (κ3) is 3.31. The van der Waals surface area contributed by atoms with E-state index in [0.29, 0.717) is 17.7 Å². The van der Waals surface area contributed by atoms with Gasteiger partial charge in [0.2, 0.25) is 0 Å². The highest BCUT2D eigenvalue weighted by atomic mass is 16.4. The summed E-state index contributed by atoms with van der Waals surface area (Å²) < 4.78 is 0. The Morgan fingerprint density at radius 2 is 1.95 bits per heavy atom. The zero-order valence-electron chi connectivity index (χ0n) is 11.6. The Hall–Kier alpha value is -3.00. The van der Waals surface area contributed by atoms with E-state index in [0.717, 1.165) is 11.3 Å². The first-order chi connectivity index (χ1) is 10.0. The molecule has 5 heteroatoms. The van der Waals surface area contributed by atoms with Crippen molar-refractivity contribution in [3.05, 3.63) is 53.1 Å². The van der Waals surface area contributed by atoms with Gasteiger partial charge >= 0.3 is 5.97 Å². The van der Waals surface area contributed by atoms with Crippen LogP contribution in [-0.2, 0) is 6.42 Å². The topological polar surface area (TPSA) is 99.1 Å². The number of rotatable bonds is 4. The summed E-state index contributed by atoms with van der Waals surface area (Å²) in [6, 6.07) is 12.8. The molecule has 0 bridgehead atoms. The fourth-order valence-corrected chi connectivity index (χ4v) is 2.01. The normalized spacial score (nSPS) is 9.90.